The number of aromatic amines is 6. The van der Waals surface area contributed by atoms with Crippen LogP contribution in [0.2, 0.25) is 0 Å². The Kier molecular flexibility index (Phi) is 30.5. The van der Waals surface area contributed by atoms with Crippen molar-refractivity contribution in [3.05, 3.63) is 291 Å². The molecule has 4 aromatic carbocycles. The summed E-state index contributed by atoms with van der Waals surface area (Å²) in [7, 11) is 0. The van der Waals surface area contributed by atoms with E-state index in [1.54, 1.807) is 0 Å². The van der Waals surface area contributed by atoms with Crippen LogP contribution in [0.15, 0.2) is 158 Å². The van der Waals surface area contributed by atoms with Gasteiger partial charge in [-0.3, -0.25) is 0 Å². The fraction of sp³-hybridized carbons (Fsp3) is 0.382. The fourth-order valence-electron chi connectivity index (χ4n) is 23.2. The molecule has 9 aromatic heterocycles. The highest BCUT2D eigenvalue weighted by Crippen LogP contribution is 2.47. The SMILES string of the molecule is CCCCCCCCCc1c2nc(c(-c3cccc4c3=c3c(-c5c6nc(c(CCCCCCCCC)c7ccc([nH]7)c(-c7c8nc(c(-c9cc(C(C)(C)C)cc(C(C)(C)C)c9)c9ccc(cc%10nc(c(-c%11cc(C(C)(C)C)cc(C(C)(C)C)c%11)c%11ccc7[nH]%11)C=C%10)[nH]9)C=C8)c7nc(c(CCCCCCCCC)c8ccc5[nH]8)C=C7)C=C6)cccc3=4)c3ccc([nH]3)c(CCCCCCCCC)c3nc(cc4ccc1[nH]4)C=C3)C=C2. The molecule has 760 valence electrons. The summed E-state index contributed by atoms with van der Waals surface area (Å²) in [6, 6.07) is 60.6. The summed E-state index contributed by atoms with van der Waals surface area (Å²) < 4.78 is 0. The van der Waals surface area contributed by atoms with Crippen LogP contribution in [-0.2, 0) is 47.3 Å². The molecular formula is C136H156N12. The summed E-state index contributed by atoms with van der Waals surface area (Å²) in [6.45, 7) is 37.2. The molecule has 0 atom stereocenters. The number of hydrogen-bond acceptors (Lipinski definition) is 6. The summed E-state index contributed by atoms with van der Waals surface area (Å²) in [5.74, 6) is 0. The topological polar surface area (TPSA) is 172 Å². The number of fused-ring (bicyclic) bond motifs is 26. The molecule has 0 saturated carbocycles. The summed E-state index contributed by atoms with van der Waals surface area (Å²) in [6.07, 6.45) is 64.5. The minimum absolute atomic E-state index is 0.153. The van der Waals surface area contributed by atoms with Crippen LogP contribution in [-0.4, -0.2) is 59.8 Å². The van der Waals surface area contributed by atoms with Crippen LogP contribution in [0.5, 0.6) is 0 Å². The van der Waals surface area contributed by atoms with Crippen LogP contribution in [0.4, 0.5) is 0 Å². The van der Waals surface area contributed by atoms with Crippen LogP contribution in [0.3, 0.4) is 0 Å². The molecule has 0 spiro atoms. The Labute approximate surface area is 877 Å². The molecule has 20 rings (SSSR count). The van der Waals surface area contributed by atoms with Crippen molar-refractivity contribution < 1.29 is 0 Å². The van der Waals surface area contributed by atoms with Crippen molar-refractivity contribution >= 4 is 139 Å². The molecule has 7 aliphatic rings. The third kappa shape index (κ3) is 22.1. The molecule has 12 heteroatoms. The highest BCUT2D eigenvalue weighted by Gasteiger charge is 2.31. The third-order valence-corrected chi connectivity index (χ3v) is 31.8. The van der Waals surface area contributed by atoms with E-state index in [1.165, 1.54) is 207 Å². The normalized spacial score (nSPS) is 13.2. The molecule has 24 bridgehead atoms. The van der Waals surface area contributed by atoms with Gasteiger partial charge in [0.1, 0.15) is 0 Å². The van der Waals surface area contributed by atoms with Gasteiger partial charge in [0.05, 0.1) is 68.3 Å². The maximum absolute atomic E-state index is 6.18. The predicted molar refractivity (Wildman–Crippen MR) is 634 cm³/mol. The average molecular weight is 1960 g/mol. The van der Waals surface area contributed by atoms with Crippen molar-refractivity contribution in [2.24, 2.45) is 0 Å². The lowest BCUT2D eigenvalue weighted by molar-refractivity contribution is 0.568. The minimum atomic E-state index is -0.153. The summed E-state index contributed by atoms with van der Waals surface area (Å²) in [5.41, 5.74) is 43.0. The van der Waals surface area contributed by atoms with Crippen LogP contribution in [0.25, 0.3) is 195 Å². The van der Waals surface area contributed by atoms with Crippen molar-refractivity contribution in [2.45, 2.75) is 338 Å². The fourth-order valence-corrected chi connectivity index (χ4v) is 23.2. The highest BCUT2D eigenvalue weighted by atomic mass is 14.8. The quantitative estimate of drug-likeness (QED) is 0.0212. The number of unbranched alkanes of at least 4 members (excludes halogenated alkanes) is 24. The number of benzene rings is 4. The monoisotopic (exact) mass is 1960 g/mol. The standard InChI is InChI=1S/C136H156N12/c1-17-21-25-29-33-37-41-47-99-105-59-55-93(137-105)85-94-56-60-106(138-94)100(48-42-38-34-30-26-22-18-2)108-64-70-118(142-108)129(117-69-63-107(99)141-117)103-53-45-51-97-98-52-46-54-104(128(98)127(97)103)130-119-71-65-109(143-119)101(49-43-39-35-31-27-23-19-3)111-67-73-121(145-111)131(122-74-68-112(146-122)102(110-66-72-120(130)144-110)50-44-40-36-32-28-24-20-4)132-123-77-75-115(147-123)125(87-79-89(133(5,6)7)83-90(80-87)134(8,9)10)113-61-57-95(139-113)86-96-58-62-114(140-96)126(116-76-78-124(132)148-116)88-81-91(135(11,12)13)84-92(82-88)136(14,15)16/h45-46,51-86,137,139,142-143,146,148H,17-44,47-50H2,1-16H3. The molecule has 1 aliphatic carbocycles. The maximum atomic E-state index is 6.18. The third-order valence-electron chi connectivity index (χ3n) is 31.8. The Balaban J connectivity index is 0.856. The first kappa shape index (κ1) is 102. The number of aryl methyl sites for hydroxylation is 4. The molecule has 0 amide bonds. The van der Waals surface area contributed by atoms with E-state index in [2.05, 4.69) is 371 Å². The van der Waals surface area contributed by atoms with Crippen LogP contribution in [0, 0.1) is 20.9 Å². The van der Waals surface area contributed by atoms with Gasteiger partial charge >= 0.3 is 0 Å². The van der Waals surface area contributed by atoms with E-state index in [0.29, 0.717) is 0 Å². The zero-order chi connectivity index (χ0) is 103. The van der Waals surface area contributed by atoms with Gasteiger partial charge in [-0.1, -0.05) is 338 Å². The van der Waals surface area contributed by atoms with E-state index in [-0.39, 0.29) is 21.7 Å². The number of aromatic nitrogens is 12. The second kappa shape index (κ2) is 44.2. The number of rotatable bonds is 37. The molecule has 6 N–H and O–H groups in total. The van der Waals surface area contributed by atoms with E-state index in [0.717, 1.165) is 254 Å². The van der Waals surface area contributed by atoms with Crippen LogP contribution in [0.1, 0.15) is 403 Å². The van der Waals surface area contributed by atoms with E-state index in [1.807, 2.05) is 0 Å². The molecular weight excluding hydrogens is 1800 g/mol. The van der Waals surface area contributed by atoms with Crippen LogP contribution < -0.4 is 0 Å². The van der Waals surface area contributed by atoms with Gasteiger partial charge in [0.25, 0.3) is 0 Å². The van der Waals surface area contributed by atoms with E-state index < -0.39 is 0 Å². The summed E-state index contributed by atoms with van der Waals surface area (Å²) in [4.78, 5) is 60.5. The predicted octanol–water partition coefficient (Wildman–Crippen LogP) is 38.2. The lowest BCUT2D eigenvalue weighted by Gasteiger charge is -2.26. The van der Waals surface area contributed by atoms with Crippen molar-refractivity contribution in [2.75, 3.05) is 0 Å². The number of hydrogen-bond donors (Lipinski definition) is 6. The van der Waals surface area contributed by atoms with Gasteiger partial charge in [0, 0.05) is 122 Å². The van der Waals surface area contributed by atoms with Gasteiger partial charge in [0.2, 0.25) is 0 Å². The maximum Gasteiger partial charge on any atom is 0.0738 e. The zero-order valence-electron chi connectivity index (χ0n) is 91.3. The average Bonchev–Trinajstić information content (AvgIpc) is 1.10. The second-order valence-corrected chi connectivity index (χ2v) is 47.2. The zero-order valence-corrected chi connectivity index (χ0v) is 91.3. The number of nitrogens with one attached hydrogen (secondary N) is 6. The molecule has 0 radical (unpaired) electrons. The van der Waals surface area contributed by atoms with Gasteiger partial charge in [-0.2, -0.15) is 0 Å². The first-order chi connectivity index (χ1) is 71.7. The summed E-state index contributed by atoms with van der Waals surface area (Å²) in [5, 5.41) is 4.88. The Morgan fingerprint density at radius 3 is 0.797 bits per heavy atom. The van der Waals surface area contributed by atoms with E-state index in [9.17, 15) is 0 Å². The number of H-pyrrole nitrogens is 6. The molecule has 0 fully saturated rings. The smallest absolute Gasteiger partial charge is 0.0738 e. The van der Waals surface area contributed by atoms with E-state index >= 15 is 0 Å². The largest absolute Gasteiger partial charge is 0.355 e. The lowest BCUT2D eigenvalue weighted by atomic mass is 9.78. The Morgan fingerprint density at radius 1 is 0.203 bits per heavy atom. The first-order valence-electron chi connectivity index (χ1n) is 56.7. The highest BCUT2D eigenvalue weighted by molar-refractivity contribution is 6.05. The molecule has 0 unspecified atom stereocenters. The Morgan fingerprint density at radius 2 is 0.439 bits per heavy atom. The second-order valence-electron chi connectivity index (χ2n) is 47.2. The molecule has 148 heavy (non-hydrogen) atoms. The summed E-state index contributed by atoms with van der Waals surface area (Å²) >= 11 is 0. The van der Waals surface area contributed by atoms with Gasteiger partial charge < -0.3 is 29.9 Å². The Bertz CT molecular complexity index is 8030. The van der Waals surface area contributed by atoms with E-state index in [4.69, 9.17) is 29.9 Å². The lowest BCUT2D eigenvalue weighted by Crippen LogP contribution is -2.16. The van der Waals surface area contributed by atoms with Crippen molar-refractivity contribution in [3.8, 4) is 55.6 Å². The van der Waals surface area contributed by atoms with Gasteiger partial charge in [-0.05, 0) is 296 Å². The Hall–Kier alpha value is -13.3. The van der Waals surface area contributed by atoms with Crippen molar-refractivity contribution in [3.63, 3.8) is 0 Å². The molecule has 15 heterocycles. The van der Waals surface area contributed by atoms with Crippen molar-refractivity contribution in [1.82, 2.24) is 59.8 Å². The van der Waals surface area contributed by atoms with Gasteiger partial charge in [-0.25, -0.2) is 29.9 Å². The van der Waals surface area contributed by atoms with Gasteiger partial charge in [0.15, 0.2) is 0 Å². The van der Waals surface area contributed by atoms with Crippen LogP contribution >= 0.6 is 0 Å². The minimum Gasteiger partial charge on any atom is -0.355 e. The molecule has 12 nitrogen and oxygen atoms in total. The van der Waals surface area contributed by atoms with Crippen molar-refractivity contribution in [1.29, 1.82) is 0 Å². The molecule has 6 aliphatic heterocycles. The molecule has 13 aromatic rings. The molecule has 0 saturated heterocycles. The first-order valence-corrected chi connectivity index (χ1v) is 56.7. The van der Waals surface area contributed by atoms with Gasteiger partial charge in [-0.15, -0.1) is 0 Å². The number of nitrogens with zero attached hydrogens (tertiary/aromatic N) is 6.